The molecule has 0 amide bonds. The molecule has 1 saturated carbocycles. The van der Waals surface area contributed by atoms with E-state index in [1.807, 2.05) is 0 Å². The first-order valence-corrected chi connectivity index (χ1v) is 8.43. The summed E-state index contributed by atoms with van der Waals surface area (Å²) < 4.78 is 40.9. The van der Waals surface area contributed by atoms with Crippen LogP contribution < -0.4 is 4.72 Å². The molecule has 0 bridgehead atoms. The lowest BCUT2D eigenvalue weighted by molar-refractivity contribution is 0.281. The Bertz CT molecular complexity index is 552. The standard InChI is InChI=1S/C14H20FNO3S/c15-13-9-11(10-17)7-8-14(13)20(18,19)16-12-5-3-1-2-4-6-12/h7-9,12,16-17H,1-6,10H2. The monoisotopic (exact) mass is 301 g/mol. The molecule has 0 saturated heterocycles. The van der Waals surface area contributed by atoms with Gasteiger partial charge in [0, 0.05) is 6.04 Å². The van der Waals surface area contributed by atoms with Gasteiger partial charge in [-0.1, -0.05) is 31.7 Å². The van der Waals surface area contributed by atoms with Crippen molar-refractivity contribution in [1.82, 2.24) is 4.72 Å². The normalized spacial score (nSPS) is 17.9. The average molecular weight is 301 g/mol. The Morgan fingerprint density at radius 2 is 1.85 bits per heavy atom. The summed E-state index contributed by atoms with van der Waals surface area (Å²) in [4.78, 5) is -0.348. The van der Waals surface area contributed by atoms with Crippen LogP contribution in [-0.4, -0.2) is 19.6 Å². The van der Waals surface area contributed by atoms with Crippen LogP contribution in [0.2, 0.25) is 0 Å². The Labute approximate surface area is 119 Å². The van der Waals surface area contributed by atoms with Crippen molar-refractivity contribution in [3.8, 4) is 0 Å². The van der Waals surface area contributed by atoms with E-state index in [1.54, 1.807) is 0 Å². The first kappa shape index (κ1) is 15.4. The van der Waals surface area contributed by atoms with E-state index in [2.05, 4.69) is 4.72 Å². The quantitative estimate of drug-likeness (QED) is 0.839. The molecular formula is C14H20FNO3S. The van der Waals surface area contributed by atoms with Gasteiger partial charge in [0.2, 0.25) is 10.0 Å². The highest BCUT2D eigenvalue weighted by Crippen LogP contribution is 2.21. The summed E-state index contributed by atoms with van der Waals surface area (Å²) >= 11 is 0. The third kappa shape index (κ3) is 3.77. The van der Waals surface area contributed by atoms with Crippen LogP contribution in [0.4, 0.5) is 4.39 Å². The van der Waals surface area contributed by atoms with Crippen molar-refractivity contribution in [1.29, 1.82) is 0 Å². The summed E-state index contributed by atoms with van der Waals surface area (Å²) in [5.74, 6) is -0.822. The molecular weight excluding hydrogens is 281 g/mol. The van der Waals surface area contributed by atoms with E-state index in [-0.39, 0.29) is 17.5 Å². The van der Waals surface area contributed by atoms with Gasteiger partial charge in [-0.15, -0.1) is 0 Å². The molecule has 1 aliphatic rings. The molecule has 112 valence electrons. The zero-order chi connectivity index (χ0) is 14.6. The largest absolute Gasteiger partial charge is 0.392 e. The molecule has 4 nitrogen and oxygen atoms in total. The predicted molar refractivity (Wildman–Crippen MR) is 74.1 cm³/mol. The van der Waals surface area contributed by atoms with E-state index in [0.29, 0.717) is 5.56 Å². The zero-order valence-corrected chi connectivity index (χ0v) is 12.1. The van der Waals surface area contributed by atoms with Gasteiger partial charge < -0.3 is 5.11 Å². The van der Waals surface area contributed by atoms with E-state index in [4.69, 9.17) is 5.11 Å². The van der Waals surface area contributed by atoms with Crippen LogP contribution in [0.25, 0.3) is 0 Å². The van der Waals surface area contributed by atoms with Crippen LogP contribution in [-0.2, 0) is 16.6 Å². The van der Waals surface area contributed by atoms with E-state index < -0.39 is 15.8 Å². The van der Waals surface area contributed by atoms with Crippen LogP contribution in [0.15, 0.2) is 23.1 Å². The fourth-order valence-electron chi connectivity index (χ4n) is 2.54. The van der Waals surface area contributed by atoms with Gasteiger partial charge in [-0.25, -0.2) is 17.5 Å². The third-order valence-corrected chi connectivity index (χ3v) is 5.20. The molecule has 2 rings (SSSR count). The molecule has 0 atom stereocenters. The van der Waals surface area contributed by atoms with Crippen LogP contribution in [0.3, 0.4) is 0 Å². The molecule has 1 aromatic carbocycles. The smallest absolute Gasteiger partial charge is 0.243 e. The lowest BCUT2D eigenvalue weighted by Gasteiger charge is -2.16. The average Bonchev–Trinajstić information content (AvgIpc) is 2.66. The summed E-state index contributed by atoms with van der Waals surface area (Å²) in [7, 11) is -3.84. The van der Waals surface area contributed by atoms with Crippen LogP contribution >= 0.6 is 0 Å². The number of benzene rings is 1. The minimum atomic E-state index is -3.84. The second-order valence-corrected chi connectivity index (χ2v) is 6.92. The number of aliphatic hydroxyl groups excluding tert-OH is 1. The molecule has 0 unspecified atom stereocenters. The van der Waals surface area contributed by atoms with Crippen molar-refractivity contribution >= 4 is 10.0 Å². The first-order valence-electron chi connectivity index (χ1n) is 6.94. The lowest BCUT2D eigenvalue weighted by Crippen LogP contribution is -2.34. The highest BCUT2D eigenvalue weighted by Gasteiger charge is 2.24. The Morgan fingerprint density at radius 3 is 2.40 bits per heavy atom. The van der Waals surface area contributed by atoms with Gasteiger partial charge in [0.25, 0.3) is 0 Å². The molecule has 1 aromatic rings. The molecule has 1 fully saturated rings. The fourth-order valence-corrected chi connectivity index (χ4v) is 3.91. The predicted octanol–water partition coefficient (Wildman–Crippen LogP) is 2.32. The molecule has 0 aromatic heterocycles. The van der Waals surface area contributed by atoms with Gasteiger partial charge >= 0.3 is 0 Å². The van der Waals surface area contributed by atoms with Crippen molar-refractivity contribution in [2.24, 2.45) is 0 Å². The highest BCUT2D eigenvalue weighted by molar-refractivity contribution is 7.89. The van der Waals surface area contributed by atoms with Crippen molar-refractivity contribution in [2.45, 2.75) is 56.1 Å². The Morgan fingerprint density at radius 1 is 1.20 bits per heavy atom. The third-order valence-electron chi connectivity index (χ3n) is 3.65. The summed E-state index contributed by atoms with van der Waals surface area (Å²) in [6, 6.07) is 3.58. The minimum Gasteiger partial charge on any atom is -0.392 e. The van der Waals surface area contributed by atoms with Gasteiger partial charge in [0.15, 0.2) is 0 Å². The number of sulfonamides is 1. The van der Waals surface area contributed by atoms with Gasteiger partial charge in [-0.3, -0.25) is 0 Å². The molecule has 2 N–H and O–H groups in total. The maximum atomic E-state index is 13.8. The second-order valence-electron chi connectivity index (χ2n) is 5.23. The molecule has 0 aliphatic heterocycles. The maximum absolute atomic E-state index is 13.8. The van der Waals surface area contributed by atoms with Crippen molar-refractivity contribution in [2.75, 3.05) is 0 Å². The van der Waals surface area contributed by atoms with Crippen molar-refractivity contribution in [3.05, 3.63) is 29.6 Å². The lowest BCUT2D eigenvalue weighted by atomic mass is 10.1. The number of rotatable bonds is 4. The molecule has 20 heavy (non-hydrogen) atoms. The van der Waals surface area contributed by atoms with E-state index in [0.717, 1.165) is 44.6 Å². The minimum absolute atomic E-state index is 0.112. The van der Waals surface area contributed by atoms with Gasteiger partial charge in [-0.2, -0.15) is 0 Å². The van der Waals surface area contributed by atoms with Crippen LogP contribution in [0.5, 0.6) is 0 Å². The fraction of sp³-hybridized carbons (Fsp3) is 0.571. The number of aliphatic hydroxyl groups is 1. The topological polar surface area (TPSA) is 66.4 Å². The Hall–Kier alpha value is -0.980. The van der Waals surface area contributed by atoms with E-state index >= 15 is 0 Å². The maximum Gasteiger partial charge on any atom is 0.243 e. The number of hydrogen-bond donors (Lipinski definition) is 2. The molecule has 6 heteroatoms. The highest BCUT2D eigenvalue weighted by atomic mass is 32.2. The van der Waals surface area contributed by atoms with E-state index in [9.17, 15) is 12.8 Å². The van der Waals surface area contributed by atoms with Crippen molar-refractivity contribution < 1.29 is 17.9 Å². The zero-order valence-electron chi connectivity index (χ0n) is 11.3. The van der Waals surface area contributed by atoms with Crippen molar-refractivity contribution in [3.63, 3.8) is 0 Å². The second kappa shape index (κ2) is 6.65. The van der Waals surface area contributed by atoms with Gasteiger partial charge in [0.05, 0.1) is 6.61 Å². The molecule has 1 aliphatic carbocycles. The molecule has 0 spiro atoms. The summed E-state index contributed by atoms with van der Waals surface area (Å²) in [5.41, 5.74) is 0.357. The first-order chi connectivity index (χ1) is 9.53. The van der Waals surface area contributed by atoms with Gasteiger partial charge in [-0.05, 0) is 30.5 Å². The number of nitrogens with one attached hydrogen (secondary N) is 1. The molecule has 0 radical (unpaired) electrons. The molecule has 0 heterocycles. The summed E-state index contributed by atoms with van der Waals surface area (Å²) in [6.45, 7) is -0.312. The van der Waals surface area contributed by atoms with E-state index in [1.165, 1.54) is 12.1 Å². The van der Waals surface area contributed by atoms with Crippen LogP contribution in [0.1, 0.15) is 44.1 Å². The summed E-state index contributed by atoms with van der Waals surface area (Å²) in [6.07, 6.45) is 5.85. The Balaban J connectivity index is 2.17. The SMILES string of the molecule is O=S(=O)(NC1CCCCCC1)c1ccc(CO)cc1F. The van der Waals surface area contributed by atoms with Gasteiger partial charge in [0.1, 0.15) is 10.7 Å². The van der Waals surface area contributed by atoms with Crippen LogP contribution in [0, 0.1) is 5.82 Å². The number of halogens is 1. The summed E-state index contributed by atoms with van der Waals surface area (Å²) in [5, 5.41) is 8.92. The Kier molecular flexibility index (Phi) is 5.12. The number of hydrogen-bond acceptors (Lipinski definition) is 3.